The van der Waals surface area contributed by atoms with Gasteiger partial charge in [0.05, 0.1) is 13.2 Å². The van der Waals surface area contributed by atoms with Gasteiger partial charge in [0, 0.05) is 24.7 Å². The first-order valence-electron chi connectivity index (χ1n) is 7.64. The van der Waals surface area contributed by atoms with Crippen LogP contribution in [0.15, 0.2) is 18.2 Å². The first-order chi connectivity index (χ1) is 9.49. The number of ether oxygens (including phenoxy) is 1. The van der Waals surface area contributed by atoms with E-state index in [9.17, 15) is 0 Å². The summed E-state index contributed by atoms with van der Waals surface area (Å²) in [6.45, 7) is 12.4. The SMILES string of the molecule is CCC(C)(C(N)c1cc(C)ccc1C)N1CCOCC1. The molecule has 2 atom stereocenters. The van der Waals surface area contributed by atoms with E-state index in [2.05, 4.69) is 50.8 Å². The monoisotopic (exact) mass is 276 g/mol. The Kier molecular flexibility index (Phi) is 4.84. The van der Waals surface area contributed by atoms with E-state index in [4.69, 9.17) is 10.5 Å². The van der Waals surface area contributed by atoms with Crippen LogP contribution >= 0.6 is 0 Å². The predicted octanol–water partition coefficient (Wildman–Crippen LogP) is 2.80. The van der Waals surface area contributed by atoms with E-state index in [1.165, 1.54) is 16.7 Å². The van der Waals surface area contributed by atoms with Gasteiger partial charge in [-0.15, -0.1) is 0 Å². The molecule has 1 fully saturated rings. The average molecular weight is 276 g/mol. The van der Waals surface area contributed by atoms with Crippen LogP contribution in [0.2, 0.25) is 0 Å². The molecule has 20 heavy (non-hydrogen) atoms. The van der Waals surface area contributed by atoms with E-state index >= 15 is 0 Å². The van der Waals surface area contributed by atoms with Crippen LogP contribution in [0.3, 0.4) is 0 Å². The summed E-state index contributed by atoms with van der Waals surface area (Å²) in [7, 11) is 0. The summed E-state index contributed by atoms with van der Waals surface area (Å²) in [5.74, 6) is 0. The molecule has 0 bridgehead atoms. The number of hydrogen-bond donors (Lipinski definition) is 1. The third-order valence-electron chi connectivity index (χ3n) is 4.89. The number of morpholine rings is 1. The molecule has 3 heteroatoms. The Morgan fingerprint density at radius 1 is 1.30 bits per heavy atom. The van der Waals surface area contributed by atoms with E-state index < -0.39 is 0 Å². The zero-order chi connectivity index (χ0) is 14.8. The second-order valence-electron chi connectivity index (χ2n) is 6.15. The Balaban J connectivity index is 2.31. The Hall–Kier alpha value is -0.900. The molecular weight excluding hydrogens is 248 g/mol. The van der Waals surface area contributed by atoms with Crippen LogP contribution in [0.25, 0.3) is 0 Å². The van der Waals surface area contributed by atoms with Crippen molar-refractivity contribution in [3.8, 4) is 0 Å². The van der Waals surface area contributed by atoms with Crippen LogP contribution in [0.4, 0.5) is 0 Å². The molecule has 1 aromatic rings. The van der Waals surface area contributed by atoms with Crippen molar-refractivity contribution >= 4 is 0 Å². The first-order valence-corrected chi connectivity index (χ1v) is 7.64. The van der Waals surface area contributed by atoms with Gasteiger partial charge in [-0.2, -0.15) is 0 Å². The number of hydrogen-bond acceptors (Lipinski definition) is 3. The van der Waals surface area contributed by atoms with E-state index in [0.29, 0.717) is 0 Å². The molecule has 1 aromatic carbocycles. The zero-order valence-corrected chi connectivity index (χ0v) is 13.3. The zero-order valence-electron chi connectivity index (χ0n) is 13.3. The first kappa shape index (κ1) is 15.5. The highest BCUT2D eigenvalue weighted by Gasteiger charge is 2.38. The van der Waals surface area contributed by atoms with Crippen molar-refractivity contribution in [1.29, 1.82) is 0 Å². The van der Waals surface area contributed by atoms with Gasteiger partial charge >= 0.3 is 0 Å². The molecule has 0 spiro atoms. The summed E-state index contributed by atoms with van der Waals surface area (Å²) >= 11 is 0. The van der Waals surface area contributed by atoms with Gasteiger partial charge in [-0.3, -0.25) is 4.90 Å². The van der Waals surface area contributed by atoms with Crippen molar-refractivity contribution in [3.63, 3.8) is 0 Å². The summed E-state index contributed by atoms with van der Waals surface area (Å²) < 4.78 is 5.49. The highest BCUT2D eigenvalue weighted by Crippen LogP contribution is 2.34. The van der Waals surface area contributed by atoms with Crippen LogP contribution in [0.1, 0.15) is 43.0 Å². The van der Waals surface area contributed by atoms with Gasteiger partial charge in [0.25, 0.3) is 0 Å². The molecule has 3 nitrogen and oxygen atoms in total. The standard InChI is InChI=1S/C17H28N2O/c1-5-17(4,19-8-10-20-11-9-19)16(18)15-12-13(2)6-7-14(15)3/h6-7,12,16H,5,8-11,18H2,1-4H3. The fraction of sp³-hybridized carbons (Fsp3) is 0.647. The third kappa shape index (κ3) is 2.90. The molecule has 0 aromatic heterocycles. The largest absolute Gasteiger partial charge is 0.379 e. The molecule has 0 aliphatic carbocycles. The van der Waals surface area contributed by atoms with Crippen molar-refractivity contribution in [3.05, 3.63) is 34.9 Å². The minimum Gasteiger partial charge on any atom is -0.379 e. The normalized spacial score (nSPS) is 21.4. The average Bonchev–Trinajstić information content (AvgIpc) is 2.49. The maximum Gasteiger partial charge on any atom is 0.0594 e. The summed E-state index contributed by atoms with van der Waals surface area (Å²) in [6.07, 6.45) is 1.04. The summed E-state index contributed by atoms with van der Waals surface area (Å²) in [4.78, 5) is 2.50. The maximum atomic E-state index is 6.70. The predicted molar refractivity (Wildman–Crippen MR) is 83.9 cm³/mol. The molecule has 0 amide bonds. The Labute approximate surface area is 123 Å². The number of rotatable bonds is 4. The smallest absolute Gasteiger partial charge is 0.0594 e. The molecule has 0 radical (unpaired) electrons. The topological polar surface area (TPSA) is 38.5 Å². The van der Waals surface area contributed by atoms with Gasteiger partial charge in [0.15, 0.2) is 0 Å². The van der Waals surface area contributed by atoms with Crippen molar-refractivity contribution < 1.29 is 4.74 Å². The second kappa shape index (κ2) is 6.25. The lowest BCUT2D eigenvalue weighted by atomic mass is 9.81. The minimum absolute atomic E-state index is 0.0116. The summed E-state index contributed by atoms with van der Waals surface area (Å²) in [5, 5.41) is 0. The van der Waals surface area contributed by atoms with Gasteiger partial charge in [0.2, 0.25) is 0 Å². The highest BCUT2D eigenvalue weighted by molar-refractivity contribution is 5.34. The van der Waals surface area contributed by atoms with Gasteiger partial charge in [-0.1, -0.05) is 30.7 Å². The van der Waals surface area contributed by atoms with Crippen LogP contribution < -0.4 is 5.73 Å². The molecular formula is C17H28N2O. The molecule has 1 aliphatic heterocycles. The van der Waals surface area contributed by atoms with Crippen molar-refractivity contribution in [2.45, 2.75) is 45.7 Å². The van der Waals surface area contributed by atoms with E-state index in [-0.39, 0.29) is 11.6 Å². The fourth-order valence-corrected chi connectivity index (χ4v) is 3.14. The van der Waals surface area contributed by atoms with E-state index in [1.807, 2.05) is 0 Å². The molecule has 1 saturated heterocycles. The summed E-state index contributed by atoms with van der Waals surface area (Å²) in [6, 6.07) is 6.61. The molecule has 112 valence electrons. The molecule has 0 saturated carbocycles. The van der Waals surface area contributed by atoms with Crippen LogP contribution in [0, 0.1) is 13.8 Å². The van der Waals surface area contributed by atoms with E-state index in [0.717, 1.165) is 32.7 Å². The molecule has 1 heterocycles. The minimum atomic E-state index is -0.0116. The Morgan fingerprint density at radius 3 is 2.55 bits per heavy atom. The number of nitrogens with zero attached hydrogens (tertiary/aromatic N) is 1. The lowest BCUT2D eigenvalue weighted by molar-refractivity contribution is -0.0278. The quantitative estimate of drug-likeness (QED) is 0.919. The lowest BCUT2D eigenvalue weighted by Gasteiger charge is -2.47. The Morgan fingerprint density at radius 2 is 1.95 bits per heavy atom. The van der Waals surface area contributed by atoms with Crippen LogP contribution in [-0.2, 0) is 4.74 Å². The number of nitrogens with two attached hydrogens (primary N) is 1. The van der Waals surface area contributed by atoms with Crippen LogP contribution in [0.5, 0.6) is 0 Å². The Bertz CT molecular complexity index is 454. The third-order valence-corrected chi connectivity index (χ3v) is 4.89. The van der Waals surface area contributed by atoms with Gasteiger partial charge in [-0.05, 0) is 38.3 Å². The van der Waals surface area contributed by atoms with Gasteiger partial charge < -0.3 is 10.5 Å². The number of aryl methyl sites for hydroxylation is 2. The van der Waals surface area contributed by atoms with E-state index in [1.54, 1.807) is 0 Å². The van der Waals surface area contributed by atoms with Gasteiger partial charge in [0.1, 0.15) is 0 Å². The lowest BCUT2D eigenvalue weighted by Crippen LogP contribution is -2.56. The molecule has 2 rings (SSSR count). The fourth-order valence-electron chi connectivity index (χ4n) is 3.14. The molecule has 2 N–H and O–H groups in total. The van der Waals surface area contributed by atoms with Crippen molar-refractivity contribution in [1.82, 2.24) is 4.90 Å². The van der Waals surface area contributed by atoms with Crippen molar-refractivity contribution in [2.75, 3.05) is 26.3 Å². The highest BCUT2D eigenvalue weighted by atomic mass is 16.5. The van der Waals surface area contributed by atoms with Gasteiger partial charge in [-0.25, -0.2) is 0 Å². The van der Waals surface area contributed by atoms with Crippen molar-refractivity contribution in [2.24, 2.45) is 5.73 Å². The summed E-state index contributed by atoms with van der Waals surface area (Å²) in [5.41, 5.74) is 10.5. The number of benzene rings is 1. The molecule has 2 unspecified atom stereocenters. The van der Waals surface area contributed by atoms with Crippen LogP contribution in [-0.4, -0.2) is 36.7 Å². The molecule has 1 aliphatic rings. The second-order valence-corrected chi connectivity index (χ2v) is 6.15. The maximum absolute atomic E-state index is 6.70.